The molecule has 0 aromatic heterocycles. The highest BCUT2D eigenvalue weighted by Gasteiger charge is 2.21. The van der Waals surface area contributed by atoms with Crippen LogP contribution in [0.2, 0.25) is 0 Å². The topological polar surface area (TPSA) is 73.6 Å². The van der Waals surface area contributed by atoms with E-state index in [9.17, 15) is 4.79 Å². The number of rotatable bonds is 7. The van der Waals surface area contributed by atoms with Crippen LogP contribution in [-0.2, 0) is 6.42 Å². The lowest BCUT2D eigenvalue weighted by molar-refractivity contribution is 0.0915. The van der Waals surface area contributed by atoms with E-state index in [1.807, 2.05) is 13.8 Å². The summed E-state index contributed by atoms with van der Waals surface area (Å²) in [6.07, 6.45) is 2.34. The van der Waals surface area contributed by atoms with Gasteiger partial charge in [0.2, 0.25) is 0 Å². The monoisotopic (exact) mass is 292 g/mol. The summed E-state index contributed by atoms with van der Waals surface area (Å²) in [5, 5.41) is 2.89. The first-order valence-electron chi connectivity index (χ1n) is 6.77. The van der Waals surface area contributed by atoms with E-state index in [2.05, 4.69) is 11.9 Å². The largest absolute Gasteiger partial charge is 0.493 e. The molecule has 1 rings (SSSR count). The first-order valence-corrected chi connectivity index (χ1v) is 6.77. The Hall–Kier alpha value is -2.01. The second-order valence-electron chi connectivity index (χ2n) is 5.41. The Balaban J connectivity index is 3.21. The second kappa shape index (κ2) is 7.13. The number of allylic oxidation sites excluding steroid dienone is 1. The van der Waals surface area contributed by atoms with Crippen molar-refractivity contribution in [2.45, 2.75) is 25.8 Å². The van der Waals surface area contributed by atoms with Crippen molar-refractivity contribution in [3.63, 3.8) is 0 Å². The van der Waals surface area contributed by atoms with Crippen LogP contribution >= 0.6 is 0 Å². The molecule has 0 heterocycles. The van der Waals surface area contributed by atoms with Crippen LogP contribution in [0.4, 0.5) is 0 Å². The Kier molecular flexibility index (Phi) is 5.79. The van der Waals surface area contributed by atoms with Crippen molar-refractivity contribution in [2.24, 2.45) is 5.73 Å². The van der Waals surface area contributed by atoms with Crippen molar-refractivity contribution in [1.82, 2.24) is 5.32 Å². The van der Waals surface area contributed by atoms with E-state index in [4.69, 9.17) is 15.2 Å². The summed E-state index contributed by atoms with van der Waals surface area (Å²) in [7, 11) is 3.11. The van der Waals surface area contributed by atoms with Gasteiger partial charge in [-0.25, -0.2) is 0 Å². The molecule has 3 N–H and O–H groups in total. The molecule has 0 unspecified atom stereocenters. The molecule has 1 amide bonds. The number of ether oxygens (including phenoxy) is 2. The highest BCUT2D eigenvalue weighted by molar-refractivity contribution is 5.95. The fraction of sp³-hybridized carbons (Fsp3) is 0.438. The number of hydrogen-bond donors (Lipinski definition) is 2. The fourth-order valence-electron chi connectivity index (χ4n) is 1.91. The van der Waals surface area contributed by atoms with Crippen LogP contribution < -0.4 is 20.5 Å². The third-order valence-electron chi connectivity index (χ3n) is 3.14. The first kappa shape index (κ1) is 17.0. The molecule has 0 atom stereocenters. The number of carbonyl (C=O) groups excluding carboxylic acids is 1. The molecule has 5 nitrogen and oxygen atoms in total. The van der Waals surface area contributed by atoms with E-state index in [1.165, 1.54) is 0 Å². The lowest BCUT2D eigenvalue weighted by Gasteiger charge is -2.24. The zero-order valence-electron chi connectivity index (χ0n) is 13.2. The van der Waals surface area contributed by atoms with Gasteiger partial charge in [0.05, 0.1) is 14.2 Å². The molecule has 5 heteroatoms. The van der Waals surface area contributed by atoms with Crippen LogP contribution in [0, 0.1) is 0 Å². The molecule has 21 heavy (non-hydrogen) atoms. The Labute approximate surface area is 126 Å². The molecule has 0 saturated heterocycles. The van der Waals surface area contributed by atoms with Crippen LogP contribution in [0.3, 0.4) is 0 Å². The van der Waals surface area contributed by atoms with E-state index in [-0.39, 0.29) is 5.91 Å². The van der Waals surface area contributed by atoms with E-state index >= 15 is 0 Å². The van der Waals surface area contributed by atoms with Crippen molar-refractivity contribution in [3.8, 4) is 11.5 Å². The zero-order chi connectivity index (χ0) is 16.0. The quantitative estimate of drug-likeness (QED) is 0.753. The number of amides is 1. The van der Waals surface area contributed by atoms with Crippen LogP contribution in [-0.4, -0.2) is 32.2 Å². The molecular weight excluding hydrogens is 268 g/mol. The maximum absolute atomic E-state index is 12.4. The lowest BCUT2D eigenvalue weighted by Crippen LogP contribution is -2.48. The van der Waals surface area contributed by atoms with Gasteiger partial charge in [-0.05, 0) is 32.4 Å². The molecule has 0 aliphatic carbocycles. The highest BCUT2D eigenvalue weighted by atomic mass is 16.5. The number of methoxy groups -OCH3 is 2. The van der Waals surface area contributed by atoms with Gasteiger partial charge in [0, 0.05) is 23.2 Å². The van der Waals surface area contributed by atoms with Gasteiger partial charge in [-0.15, -0.1) is 6.58 Å². The highest BCUT2D eigenvalue weighted by Crippen LogP contribution is 2.33. The Morgan fingerprint density at radius 3 is 2.52 bits per heavy atom. The normalized spacial score (nSPS) is 10.9. The minimum atomic E-state index is -0.469. The van der Waals surface area contributed by atoms with Gasteiger partial charge in [-0.2, -0.15) is 0 Å². The van der Waals surface area contributed by atoms with Crippen molar-refractivity contribution < 1.29 is 14.3 Å². The summed E-state index contributed by atoms with van der Waals surface area (Å²) < 4.78 is 10.7. The van der Waals surface area contributed by atoms with Gasteiger partial charge >= 0.3 is 0 Å². The summed E-state index contributed by atoms with van der Waals surface area (Å²) in [4.78, 5) is 12.4. The van der Waals surface area contributed by atoms with E-state index in [1.54, 1.807) is 32.4 Å². The van der Waals surface area contributed by atoms with Gasteiger partial charge in [-0.3, -0.25) is 4.79 Å². The van der Waals surface area contributed by atoms with Gasteiger partial charge in [0.1, 0.15) is 0 Å². The standard InChI is InChI=1S/C16H24N2O3/c1-6-7-11-8-12(9-13(20-4)14(11)21-5)15(19)18-16(2,3)10-17/h6,8-9H,1,7,10,17H2,2-5H3,(H,18,19). The molecule has 0 radical (unpaired) electrons. The average Bonchev–Trinajstić information content (AvgIpc) is 2.46. The molecule has 0 bridgehead atoms. The minimum Gasteiger partial charge on any atom is -0.493 e. The third kappa shape index (κ3) is 4.23. The number of benzene rings is 1. The van der Waals surface area contributed by atoms with Gasteiger partial charge in [0.15, 0.2) is 11.5 Å². The average molecular weight is 292 g/mol. The number of nitrogens with two attached hydrogens (primary N) is 1. The van der Waals surface area contributed by atoms with Crippen molar-refractivity contribution in [3.05, 3.63) is 35.9 Å². The fourth-order valence-corrected chi connectivity index (χ4v) is 1.91. The van der Waals surface area contributed by atoms with Crippen LogP contribution in [0.25, 0.3) is 0 Å². The van der Waals surface area contributed by atoms with Gasteiger partial charge in [0.25, 0.3) is 5.91 Å². The molecule has 0 fully saturated rings. The third-order valence-corrected chi connectivity index (χ3v) is 3.14. The Bertz CT molecular complexity index is 524. The summed E-state index contributed by atoms with van der Waals surface area (Å²) in [6, 6.07) is 3.44. The molecular formula is C16H24N2O3. The maximum atomic E-state index is 12.4. The summed E-state index contributed by atoms with van der Waals surface area (Å²) in [5.41, 5.74) is 6.53. The van der Waals surface area contributed by atoms with E-state index < -0.39 is 5.54 Å². The van der Waals surface area contributed by atoms with Gasteiger partial charge < -0.3 is 20.5 Å². The molecule has 1 aromatic carbocycles. The molecule has 0 spiro atoms. The van der Waals surface area contributed by atoms with Crippen LogP contribution in [0.1, 0.15) is 29.8 Å². The molecule has 0 aliphatic heterocycles. The predicted octanol–water partition coefficient (Wildman–Crippen LogP) is 1.90. The van der Waals surface area contributed by atoms with Gasteiger partial charge in [-0.1, -0.05) is 6.08 Å². The first-order chi connectivity index (χ1) is 9.88. The number of nitrogens with one attached hydrogen (secondary N) is 1. The smallest absolute Gasteiger partial charge is 0.251 e. The van der Waals surface area contributed by atoms with Crippen LogP contribution in [0.5, 0.6) is 11.5 Å². The molecule has 0 saturated carbocycles. The Morgan fingerprint density at radius 2 is 2.05 bits per heavy atom. The van der Waals surface area contributed by atoms with Crippen molar-refractivity contribution in [1.29, 1.82) is 0 Å². The van der Waals surface area contributed by atoms with Crippen molar-refractivity contribution in [2.75, 3.05) is 20.8 Å². The summed E-state index contributed by atoms with van der Waals surface area (Å²) in [5.74, 6) is 0.941. The van der Waals surface area contributed by atoms with E-state index in [0.29, 0.717) is 30.0 Å². The van der Waals surface area contributed by atoms with Crippen molar-refractivity contribution >= 4 is 5.91 Å². The number of hydrogen-bond acceptors (Lipinski definition) is 4. The molecule has 1 aromatic rings. The summed E-state index contributed by atoms with van der Waals surface area (Å²) in [6.45, 7) is 7.82. The SMILES string of the molecule is C=CCc1cc(C(=O)NC(C)(C)CN)cc(OC)c1OC. The predicted molar refractivity (Wildman–Crippen MR) is 84.0 cm³/mol. The van der Waals surface area contributed by atoms with E-state index in [0.717, 1.165) is 5.56 Å². The Morgan fingerprint density at radius 1 is 1.38 bits per heavy atom. The second-order valence-corrected chi connectivity index (χ2v) is 5.41. The van der Waals surface area contributed by atoms with Crippen LogP contribution in [0.15, 0.2) is 24.8 Å². The number of carbonyl (C=O) groups is 1. The maximum Gasteiger partial charge on any atom is 0.251 e. The minimum absolute atomic E-state index is 0.197. The summed E-state index contributed by atoms with van der Waals surface area (Å²) >= 11 is 0. The lowest BCUT2D eigenvalue weighted by atomic mass is 10.0. The molecule has 0 aliphatic rings. The zero-order valence-corrected chi connectivity index (χ0v) is 13.2. The molecule has 116 valence electrons.